The van der Waals surface area contributed by atoms with Crippen molar-refractivity contribution in [2.24, 2.45) is 34.3 Å². The maximum atomic E-state index is 14.1. The van der Waals surface area contributed by atoms with Crippen LogP contribution in [0.4, 0.5) is 0 Å². The molecule has 3 aliphatic rings. The second-order valence-corrected chi connectivity index (χ2v) is 14.4. The number of Topliss-reactive ketones (excluding diaryl/α,β-unsaturated/α-hetero) is 1. The van der Waals surface area contributed by atoms with Crippen molar-refractivity contribution < 1.29 is 19.5 Å². The molecule has 3 unspecified atom stereocenters. The molecule has 0 aromatic heterocycles. The Hall–Kier alpha value is -2.55. The number of piperidine rings is 1. The molecule has 2 amide bonds. The van der Waals surface area contributed by atoms with Crippen LogP contribution in [0, 0.1) is 28.6 Å². The molecule has 0 aromatic rings. The van der Waals surface area contributed by atoms with Crippen LogP contribution in [0.15, 0.2) is 24.7 Å². The fraction of sp³-hybridized carbons (Fsp3) is 0.759. The number of hydrogen-bond donors (Lipinski definition) is 5. The lowest BCUT2D eigenvalue weighted by molar-refractivity contribution is -0.152. The third-order valence-electron chi connectivity index (χ3n) is 8.58. The van der Waals surface area contributed by atoms with Crippen LogP contribution in [0.5, 0.6) is 0 Å². The van der Waals surface area contributed by atoms with Crippen molar-refractivity contribution in [2.45, 2.75) is 104 Å². The van der Waals surface area contributed by atoms with Gasteiger partial charge in [-0.1, -0.05) is 67.0 Å². The molecule has 0 bridgehead atoms. The molecule has 0 radical (unpaired) electrons. The summed E-state index contributed by atoms with van der Waals surface area (Å²) in [5, 5.41) is 20.9. The largest absolute Gasteiger partial charge is 0.368 e. The summed E-state index contributed by atoms with van der Waals surface area (Å²) >= 11 is 0. The SMILES string of the molecule is C=C(NC(C(=O)N1C[C@H]2C(C1C(=C)N[C@@](O)(CC1CCC1)C(=O)C(N)=O)C2(C)C)C(C)(C)C)NC(C)(C)C. The molecule has 9 heteroatoms. The summed E-state index contributed by atoms with van der Waals surface area (Å²) in [6, 6.07) is -1.03. The van der Waals surface area contributed by atoms with Gasteiger partial charge in [-0.05, 0) is 49.4 Å². The fourth-order valence-corrected chi connectivity index (χ4v) is 6.25. The molecule has 0 spiro atoms. The number of likely N-dealkylation sites (tertiary alicyclic amines) is 1. The van der Waals surface area contributed by atoms with Crippen molar-refractivity contribution in [1.82, 2.24) is 20.9 Å². The van der Waals surface area contributed by atoms with E-state index in [1.165, 1.54) is 0 Å². The predicted molar refractivity (Wildman–Crippen MR) is 148 cm³/mol. The average Bonchev–Trinajstić information content (AvgIpc) is 3.06. The Kier molecular flexibility index (Phi) is 7.80. The number of aliphatic hydroxyl groups is 1. The molecule has 9 nitrogen and oxygen atoms in total. The van der Waals surface area contributed by atoms with Crippen molar-refractivity contribution in [3.05, 3.63) is 24.7 Å². The Bertz CT molecular complexity index is 1000. The number of amides is 2. The number of nitrogens with zero attached hydrogens (tertiary/aromatic N) is 1. The van der Waals surface area contributed by atoms with Gasteiger partial charge in [-0.3, -0.25) is 14.4 Å². The zero-order chi connectivity index (χ0) is 29.0. The highest BCUT2D eigenvalue weighted by Gasteiger charge is 2.69. The quantitative estimate of drug-likeness (QED) is 0.204. The third-order valence-corrected chi connectivity index (χ3v) is 8.58. The lowest BCUT2D eigenvalue weighted by atomic mass is 9.78. The van der Waals surface area contributed by atoms with E-state index < -0.39 is 34.9 Å². The lowest BCUT2D eigenvalue weighted by Crippen LogP contribution is -2.61. The van der Waals surface area contributed by atoms with Gasteiger partial charge in [0.05, 0.1) is 11.9 Å². The third kappa shape index (κ3) is 6.03. The molecule has 5 atom stereocenters. The van der Waals surface area contributed by atoms with Gasteiger partial charge in [0.2, 0.25) is 11.6 Å². The van der Waals surface area contributed by atoms with Crippen LogP contribution in [-0.4, -0.2) is 57.5 Å². The number of carbonyl (C=O) groups excluding carboxylic acids is 3. The van der Waals surface area contributed by atoms with Crippen molar-refractivity contribution in [1.29, 1.82) is 0 Å². The Labute approximate surface area is 228 Å². The van der Waals surface area contributed by atoms with Gasteiger partial charge in [0.1, 0.15) is 6.04 Å². The van der Waals surface area contributed by atoms with Gasteiger partial charge in [-0.15, -0.1) is 0 Å². The molecule has 1 saturated heterocycles. The molecular formula is C29H49N5O4. The summed E-state index contributed by atoms with van der Waals surface area (Å²) in [5.41, 5.74) is 2.84. The summed E-state index contributed by atoms with van der Waals surface area (Å²) in [4.78, 5) is 40.6. The number of nitrogens with two attached hydrogens (primary N) is 1. The first kappa shape index (κ1) is 30.0. The predicted octanol–water partition coefficient (Wildman–Crippen LogP) is 2.37. The maximum Gasteiger partial charge on any atom is 0.290 e. The zero-order valence-corrected chi connectivity index (χ0v) is 24.5. The zero-order valence-electron chi connectivity index (χ0n) is 24.5. The Morgan fingerprint density at radius 2 is 1.66 bits per heavy atom. The summed E-state index contributed by atoms with van der Waals surface area (Å²) in [6.07, 6.45) is 2.85. The van der Waals surface area contributed by atoms with Crippen molar-refractivity contribution >= 4 is 17.6 Å². The molecule has 6 N–H and O–H groups in total. The average molecular weight is 532 g/mol. The minimum Gasteiger partial charge on any atom is -0.368 e. The van der Waals surface area contributed by atoms with Crippen molar-refractivity contribution in [3.8, 4) is 0 Å². The number of carbonyl (C=O) groups is 3. The van der Waals surface area contributed by atoms with E-state index in [1.54, 1.807) is 0 Å². The van der Waals surface area contributed by atoms with E-state index in [4.69, 9.17) is 5.73 Å². The van der Waals surface area contributed by atoms with E-state index in [0.29, 0.717) is 18.1 Å². The highest BCUT2D eigenvalue weighted by Crippen LogP contribution is 2.66. The first-order chi connectivity index (χ1) is 17.2. The number of nitrogens with one attached hydrogen (secondary N) is 3. The number of ketones is 1. The van der Waals surface area contributed by atoms with Gasteiger partial charge in [-0.2, -0.15) is 0 Å². The monoisotopic (exact) mass is 531 g/mol. The first-order valence-electron chi connectivity index (χ1n) is 13.8. The molecule has 1 heterocycles. The van der Waals surface area contributed by atoms with Crippen LogP contribution in [0.25, 0.3) is 0 Å². The summed E-state index contributed by atoms with van der Waals surface area (Å²) in [5.74, 6) is -1.33. The van der Waals surface area contributed by atoms with Crippen LogP contribution < -0.4 is 21.7 Å². The molecular weight excluding hydrogens is 482 g/mol. The van der Waals surface area contributed by atoms with Crippen LogP contribution in [0.3, 0.4) is 0 Å². The molecule has 214 valence electrons. The van der Waals surface area contributed by atoms with Gasteiger partial charge in [0.25, 0.3) is 11.7 Å². The number of rotatable bonds is 11. The van der Waals surface area contributed by atoms with Crippen LogP contribution >= 0.6 is 0 Å². The smallest absolute Gasteiger partial charge is 0.290 e. The van der Waals surface area contributed by atoms with Crippen LogP contribution in [0.2, 0.25) is 0 Å². The van der Waals surface area contributed by atoms with E-state index in [9.17, 15) is 19.5 Å². The molecule has 1 aliphatic heterocycles. The van der Waals surface area contributed by atoms with Gasteiger partial charge in [-0.25, -0.2) is 0 Å². The fourth-order valence-electron chi connectivity index (χ4n) is 6.25. The molecule has 2 aliphatic carbocycles. The summed E-state index contributed by atoms with van der Waals surface area (Å²) in [6.45, 7) is 25.2. The minimum absolute atomic E-state index is 0.0199. The van der Waals surface area contributed by atoms with Gasteiger partial charge >= 0.3 is 0 Å². The second kappa shape index (κ2) is 9.88. The summed E-state index contributed by atoms with van der Waals surface area (Å²) < 4.78 is 0. The first-order valence-corrected chi connectivity index (χ1v) is 13.8. The Balaban J connectivity index is 1.88. The molecule has 2 saturated carbocycles. The number of fused-ring (bicyclic) bond motifs is 1. The standard InChI is InChI=1S/C29H49N5O4/c1-16(32-29(38,23(35)24(30)36)14-18-12-11-13-18)21-20-19(28(20,9)10)15-34(21)25(37)22(26(3,4)5)31-17(2)33-27(6,7)8/h18-22,31-33,38H,1-2,11-15H2,3-10H3,(H2,30,36)/t19-,20?,21?,22?,29+/m0/s1. The normalized spacial score (nSPS) is 26.8. The van der Waals surface area contributed by atoms with E-state index in [-0.39, 0.29) is 41.0 Å². The Morgan fingerprint density at radius 1 is 1.08 bits per heavy atom. The van der Waals surface area contributed by atoms with E-state index in [1.807, 2.05) is 46.4 Å². The lowest BCUT2D eigenvalue weighted by Gasteiger charge is -2.42. The molecule has 3 rings (SSSR count). The number of primary amides is 1. The second-order valence-electron chi connectivity index (χ2n) is 14.4. The van der Waals surface area contributed by atoms with Crippen molar-refractivity contribution in [3.63, 3.8) is 0 Å². The van der Waals surface area contributed by atoms with Crippen molar-refractivity contribution in [2.75, 3.05) is 6.54 Å². The maximum absolute atomic E-state index is 14.1. The van der Waals surface area contributed by atoms with Gasteiger partial charge in [0, 0.05) is 24.2 Å². The Morgan fingerprint density at radius 3 is 2.11 bits per heavy atom. The van der Waals surface area contributed by atoms with Gasteiger partial charge < -0.3 is 31.7 Å². The number of hydrogen-bond acceptors (Lipinski definition) is 7. The molecule has 3 fully saturated rings. The summed E-state index contributed by atoms with van der Waals surface area (Å²) in [7, 11) is 0. The van der Waals surface area contributed by atoms with Crippen LogP contribution in [-0.2, 0) is 14.4 Å². The topological polar surface area (TPSA) is 137 Å². The van der Waals surface area contributed by atoms with E-state index in [0.717, 1.165) is 19.3 Å². The highest BCUT2D eigenvalue weighted by molar-refractivity contribution is 6.38. The van der Waals surface area contributed by atoms with E-state index >= 15 is 0 Å². The van der Waals surface area contributed by atoms with Crippen LogP contribution in [0.1, 0.15) is 81.1 Å². The highest BCUT2D eigenvalue weighted by atomic mass is 16.3. The molecule has 0 aromatic carbocycles. The van der Waals surface area contributed by atoms with E-state index in [2.05, 4.69) is 43.0 Å². The van der Waals surface area contributed by atoms with Gasteiger partial charge in [0.15, 0.2) is 0 Å². The minimum atomic E-state index is -2.15. The molecule has 38 heavy (non-hydrogen) atoms.